The van der Waals surface area contributed by atoms with Gasteiger partial charge in [0.2, 0.25) is 0 Å². The number of hydrogen-bond donors (Lipinski definition) is 2. The van der Waals surface area contributed by atoms with Gasteiger partial charge in [-0.1, -0.05) is 26.0 Å². The molecule has 0 saturated carbocycles. The summed E-state index contributed by atoms with van der Waals surface area (Å²) in [5.74, 6) is 0.231. The van der Waals surface area contributed by atoms with E-state index >= 15 is 0 Å². The standard InChI is InChI=1S/C12H21NO2/c1-8-4-5-10-6-13(3)7-12(10,15)9(2)11(8)14/h4-5,8-11,14-15H,6-7H2,1-3H3/t8-,9-,10+,11-,12+/m0/s1. The molecule has 5 atom stereocenters. The summed E-state index contributed by atoms with van der Waals surface area (Å²) in [6.07, 6.45) is 3.69. The first-order valence-corrected chi connectivity index (χ1v) is 5.72. The van der Waals surface area contributed by atoms with Crippen molar-refractivity contribution in [1.82, 2.24) is 4.90 Å². The van der Waals surface area contributed by atoms with Crippen LogP contribution in [0.5, 0.6) is 0 Å². The van der Waals surface area contributed by atoms with Gasteiger partial charge in [0.1, 0.15) is 0 Å². The van der Waals surface area contributed by atoms with Crippen molar-refractivity contribution in [1.29, 1.82) is 0 Å². The lowest BCUT2D eigenvalue weighted by Gasteiger charge is -2.36. The molecule has 0 bridgehead atoms. The van der Waals surface area contributed by atoms with E-state index in [4.69, 9.17) is 0 Å². The van der Waals surface area contributed by atoms with Gasteiger partial charge in [0.05, 0.1) is 11.7 Å². The summed E-state index contributed by atoms with van der Waals surface area (Å²) in [6, 6.07) is 0. The summed E-state index contributed by atoms with van der Waals surface area (Å²) >= 11 is 0. The fraction of sp³-hybridized carbons (Fsp3) is 0.833. The van der Waals surface area contributed by atoms with Gasteiger partial charge < -0.3 is 15.1 Å². The number of aliphatic hydroxyl groups excluding tert-OH is 1. The Morgan fingerprint density at radius 2 is 2.00 bits per heavy atom. The number of nitrogens with zero attached hydrogens (tertiary/aromatic N) is 1. The molecule has 0 aromatic carbocycles. The highest BCUT2D eigenvalue weighted by Gasteiger charge is 2.50. The molecule has 1 fully saturated rings. The Morgan fingerprint density at radius 1 is 1.33 bits per heavy atom. The molecular formula is C12H21NO2. The van der Waals surface area contributed by atoms with Crippen molar-refractivity contribution in [2.24, 2.45) is 17.8 Å². The molecular weight excluding hydrogens is 190 g/mol. The van der Waals surface area contributed by atoms with Gasteiger partial charge in [-0.2, -0.15) is 0 Å². The van der Waals surface area contributed by atoms with Crippen LogP contribution in [0.1, 0.15) is 13.8 Å². The molecule has 0 aromatic rings. The Kier molecular flexibility index (Phi) is 2.65. The Balaban J connectivity index is 2.32. The van der Waals surface area contributed by atoms with E-state index in [-0.39, 0.29) is 17.8 Å². The minimum absolute atomic E-state index is 0.0718. The van der Waals surface area contributed by atoms with Crippen LogP contribution in [0.15, 0.2) is 12.2 Å². The molecule has 0 amide bonds. The number of rotatable bonds is 0. The SMILES string of the molecule is C[C@H]1C=C[C@@H]2CN(C)C[C@@]2(O)[C@@H](C)[C@H]1O. The minimum Gasteiger partial charge on any atom is -0.392 e. The first-order valence-electron chi connectivity index (χ1n) is 5.72. The van der Waals surface area contributed by atoms with Crippen molar-refractivity contribution in [3.63, 3.8) is 0 Å². The molecule has 2 N–H and O–H groups in total. The highest BCUT2D eigenvalue weighted by Crippen LogP contribution is 2.40. The topological polar surface area (TPSA) is 43.7 Å². The fourth-order valence-electron chi connectivity index (χ4n) is 2.99. The molecule has 1 aliphatic carbocycles. The van der Waals surface area contributed by atoms with E-state index in [9.17, 15) is 10.2 Å². The van der Waals surface area contributed by atoms with E-state index in [0.29, 0.717) is 6.54 Å². The zero-order chi connectivity index (χ0) is 11.2. The van der Waals surface area contributed by atoms with Crippen molar-refractivity contribution < 1.29 is 10.2 Å². The Labute approximate surface area is 91.4 Å². The van der Waals surface area contributed by atoms with Gasteiger partial charge in [0.25, 0.3) is 0 Å². The normalized spacial score (nSPS) is 51.5. The molecule has 1 aliphatic heterocycles. The van der Waals surface area contributed by atoms with Gasteiger partial charge >= 0.3 is 0 Å². The summed E-state index contributed by atoms with van der Waals surface area (Å²) in [6.45, 7) is 5.51. The van der Waals surface area contributed by atoms with Gasteiger partial charge in [0, 0.05) is 30.8 Å². The van der Waals surface area contributed by atoms with Crippen LogP contribution in [0, 0.1) is 17.8 Å². The van der Waals surface area contributed by atoms with Gasteiger partial charge in [-0.25, -0.2) is 0 Å². The average molecular weight is 211 g/mol. The highest BCUT2D eigenvalue weighted by atomic mass is 16.3. The minimum atomic E-state index is -0.755. The van der Waals surface area contributed by atoms with E-state index in [1.54, 1.807) is 0 Å². The summed E-state index contributed by atoms with van der Waals surface area (Å²) in [5.41, 5.74) is -0.755. The summed E-state index contributed by atoms with van der Waals surface area (Å²) in [4.78, 5) is 2.13. The monoisotopic (exact) mass is 211 g/mol. The van der Waals surface area contributed by atoms with Crippen LogP contribution < -0.4 is 0 Å². The lowest BCUT2D eigenvalue weighted by molar-refractivity contribution is -0.0760. The van der Waals surface area contributed by atoms with E-state index < -0.39 is 11.7 Å². The number of β-amino-alcohol motifs (C(OH)–C–C–N with tert-alkyl or cyclic N) is 1. The van der Waals surface area contributed by atoms with Crippen LogP contribution in [-0.4, -0.2) is 47.0 Å². The maximum Gasteiger partial charge on any atom is 0.0898 e. The molecule has 0 radical (unpaired) electrons. The first kappa shape index (κ1) is 11.1. The van der Waals surface area contributed by atoms with Crippen molar-refractivity contribution in [3.05, 3.63) is 12.2 Å². The maximum atomic E-state index is 10.7. The average Bonchev–Trinajstić information content (AvgIpc) is 2.45. The highest BCUT2D eigenvalue weighted by molar-refractivity contribution is 5.14. The summed E-state index contributed by atoms with van der Waals surface area (Å²) in [7, 11) is 2.02. The molecule has 86 valence electrons. The maximum absolute atomic E-state index is 10.7. The Hall–Kier alpha value is -0.380. The molecule has 3 heteroatoms. The predicted octanol–water partition coefficient (Wildman–Crippen LogP) is 0.482. The van der Waals surface area contributed by atoms with Crippen molar-refractivity contribution in [3.8, 4) is 0 Å². The second-order valence-corrected chi connectivity index (χ2v) is 5.32. The molecule has 1 heterocycles. The van der Waals surface area contributed by atoms with Crippen LogP contribution in [0.25, 0.3) is 0 Å². The lowest BCUT2D eigenvalue weighted by Crippen LogP contribution is -2.48. The molecule has 0 aromatic heterocycles. The fourth-order valence-corrected chi connectivity index (χ4v) is 2.99. The third kappa shape index (κ3) is 1.63. The third-order valence-corrected chi connectivity index (χ3v) is 4.16. The Bertz CT molecular complexity index is 279. The van der Waals surface area contributed by atoms with Gasteiger partial charge in [-0.3, -0.25) is 0 Å². The molecule has 2 aliphatic rings. The zero-order valence-electron chi connectivity index (χ0n) is 9.72. The predicted molar refractivity (Wildman–Crippen MR) is 59.4 cm³/mol. The lowest BCUT2D eigenvalue weighted by atomic mass is 9.77. The molecule has 1 saturated heterocycles. The quantitative estimate of drug-likeness (QED) is 0.573. The van der Waals surface area contributed by atoms with Crippen LogP contribution in [0.3, 0.4) is 0 Å². The largest absolute Gasteiger partial charge is 0.392 e. The van der Waals surface area contributed by atoms with Gasteiger partial charge in [-0.15, -0.1) is 0 Å². The first-order chi connectivity index (χ1) is 6.95. The molecule has 3 nitrogen and oxygen atoms in total. The van der Waals surface area contributed by atoms with Crippen LogP contribution in [-0.2, 0) is 0 Å². The van der Waals surface area contributed by atoms with E-state index in [0.717, 1.165) is 6.54 Å². The second-order valence-electron chi connectivity index (χ2n) is 5.32. The molecule has 0 unspecified atom stereocenters. The van der Waals surface area contributed by atoms with Crippen LogP contribution in [0.2, 0.25) is 0 Å². The third-order valence-electron chi connectivity index (χ3n) is 4.16. The summed E-state index contributed by atoms with van der Waals surface area (Å²) < 4.78 is 0. The number of aliphatic hydroxyl groups is 2. The molecule has 15 heavy (non-hydrogen) atoms. The van der Waals surface area contributed by atoms with E-state index in [1.165, 1.54) is 0 Å². The van der Waals surface area contributed by atoms with Crippen LogP contribution >= 0.6 is 0 Å². The number of hydrogen-bond acceptors (Lipinski definition) is 3. The van der Waals surface area contributed by atoms with Gasteiger partial charge in [-0.05, 0) is 7.05 Å². The molecule has 0 spiro atoms. The van der Waals surface area contributed by atoms with Crippen molar-refractivity contribution in [2.45, 2.75) is 25.6 Å². The second kappa shape index (κ2) is 3.58. The zero-order valence-corrected chi connectivity index (χ0v) is 9.72. The van der Waals surface area contributed by atoms with Gasteiger partial charge in [0.15, 0.2) is 0 Å². The number of likely N-dealkylation sites (N-methyl/N-ethyl adjacent to an activating group) is 1. The molecule has 2 rings (SSSR count). The Morgan fingerprint density at radius 3 is 2.67 bits per heavy atom. The summed E-state index contributed by atoms with van der Waals surface area (Å²) in [5, 5.41) is 20.8. The van der Waals surface area contributed by atoms with Crippen molar-refractivity contribution in [2.75, 3.05) is 20.1 Å². The number of fused-ring (bicyclic) bond motifs is 1. The van der Waals surface area contributed by atoms with E-state index in [2.05, 4.69) is 11.0 Å². The smallest absolute Gasteiger partial charge is 0.0898 e. The number of likely N-dealkylation sites (tertiary alicyclic amines) is 1. The van der Waals surface area contributed by atoms with E-state index in [1.807, 2.05) is 27.0 Å². The van der Waals surface area contributed by atoms with Crippen LogP contribution in [0.4, 0.5) is 0 Å². The van der Waals surface area contributed by atoms with Crippen molar-refractivity contribution >= 4 is 0 Å².